The number of rotatable bonds is 4. The average Bonchev–Trinajstić information content (AvgIpc) is 2.73. The molecule has 1 aliphatic carbocycles. The van der Waals surface area contributed by atoms with E-state index < -0.39 is 5.41 Å². The first-order chi connectivity index (χ1) is 9.66. The van der Waals surface area contributed by atoms with Gasteiger partial charge in [-0.15, -0.1) is 11.3 Å². The number of hydrogen-bond acceptors (Lipinski definition) is 4. The Kier molecular flexibility index (Phi) is 5.13. The minimum atomic E-state index is -0.797. The van der Waals surface area contributed by atoms with Gasteiger partial charge in [-0.05, 0) is 19.8 Å². The van der Waals surface area contributed by atoms with Gasteiger partial charge in [0.25, 0.3) is 0 Å². The van der Waals surface area contributed by atoms with Crippen LogP contribution >= 0.6 is 11.3 Å². The quantitative estimate of drug-likeness (QED) is 0.867. The number of nitrogens with zero attached hydrogens (tertiary/aromatic N) is 2. The molecule has 2 rings (SSSR count). The minimum Gasteiger partial charge on any atom is -0.354 e. The molecule has 1 N–H and O–H groups in total. The highest BCUT2D eigenvalue weighted by atomic mass is 32.1. The summed E-state index contributed by atoms with van der Waals surface area (Å²) in [6.45, 7) is 2.54. The van der Waals surface area contributed by atoms with Crippen LogP contribution in [0.2, 0.25) is 0 Å². The van der Waals surface area contributed by atoms with Crippen LogP contribution in [0.25, 0.3) is 0 Å². The number of nitriles is 1. The molecule has 1 amide bonds. The monoisotopic (exact) mass is 291 g/mol. The largest absolute Gasteiger partial charge is 0.354 e. The van der Waals surface area contributed by atoms with Gasteiger partial charge in [-0.1, -0.05) is 25.7 Å². The molecule has 108 valence electrons. The lowest BCUT2D eigenvalue weighted by Gasteiger charge is -2.23. The van der Waals surface area contributed by atoms with Crippen LogP contribution in [0.3, 0.4) is 0 Å². The molecule has 1 heterocycles. The normalized spacial score (nSPS) is 18.0. The van der Waals surface area contributed by atoms with Gasteiger partial charge in [-0.25, -0.2) is 4.98 Å². The molecule has 0 aliphatic heterocycles. The number of carbonyl (C=O) groups is 1. The van der Waals surface area contributed by atoms with E-state index in [1.807, 2.05) is 12.3 Å². The molecule has 0 unspecified atom stereocenters. The van der Waals surface area contributed by atoms with Crippen LogP contribution < -0.4 is 5.32 Å². The van der Waals surface area contributed by atoms with Crippen molar-refractivity contribution in [3.8, 4) is 6.07 Å². The molecule has 0 saturated heterocycles. The van der Waals surface area contributed by atoms with E-state index in [4.69, 9.17) is 0 Å². The number of aromatic nitrogens is 1. The van der Waals surface area contributed by atoms with Crippen LogP contribution in [0.15, 0.2) is 5.38 Å². The summed E-state index contributed by atoms with van der Waals surface area (Å²) in [6, 6.07) is 2.28. The van der Waals surface area contributed by atoms with Gasteiger partial charge in [0.05, 0.1) is 16.8 Å². The van der Waals surface area contributed by atoms with Crippen molar-refractivity contribution < 1.29 is 4.79 Å². The van der Waals surface area contributed by atoms with Crippen LogP contribution in [0.1, 0.15) is 49.2 Å². The number of aryl methyl sites for hydroxylation is 1. The van der Waals surface area contributed by atoms with E-state index in [-0.39, 0.29) is 5.91 Å². The predicted octanol–water partition coefficient (Wildman–Crippen LogP) is 2.97. The number of hydrogen-bond donors (Lipinski definition) is 1. The topological polar surface area (TPSA) is 65.8 Å². The predicted molar refractivity (Wildman–Crippen MR) is 79.3 cm³/mol. The smallest absolute Gasteiger partial charge is 0.240 e. The van der Waals surface area contributed by atoms with Gasteiger partial charge >= 0.3 is 0 Å². The molecule has 0 bridgehead atoms. The molecule has 1 aromatic rings. The number of thiazole rings is 1. The van der Waals surface area contributed by atoms with Gasteiger partial charge in [-0.3, -0.25) is 4.79 Å². The fourth-order valence-electron chi connectivity index (χ4n) is 2.72. The van der Waals surface area contributed by atoms with E-state index >= 15 is 0 Å². The van der Waals surface area contributed by atoms with Crippen LogP contribution in [0.5, 0.6) is 0 Å². The molecule has 0 aromatic carbocycles. The first kappa shape index (κ1) is 15.0. The molecule has 0 atom stereocenters. The second-order valence-electron chi connectivity index (χ2n) is 5.47. The van der Waals surface area contributed by atoms with E-state index in [1.165, 1.54) is 0 Å². The number of carbonyl (C=O) groups excluding carboxylic acids is 1. The van der Waals surface area contributed by atoms with Gasteiger partial charge in [0, 0.05) is 18.3 Å². The van der Waals surface area contributed by atoms with Crippen molar-refractivity contribution >= 4 is 17.2 Å². The van der Waals surface area contributed by atoms with Crippen molar-refractivity contribution in [2.45, 2.75) is 51.9 Å². The van der Waals surface area contributed by atoms with Crippen LogP contribution in [-0.2, 0) is 11.2 Å². The summed E-state index contributed by atoms with van der Waals surface area (Å²) < 4.78 is 0. The zero-order chi connectivity index (χ0) is 14.4. The van der Waals surface area contributed by atoms with Gasteiger partial charge < -0.3 is 5.32 Å². The van der Waals surface area contributed by atoms with Crippen molar-refractivity contribution in [3.63, 3.8) is 0 Å². The third kappa shape index (κ3) is 3.57. The van der Waals surface area contributed by atoms with Crippen LogP contribution in [0, 0.1) is 23.7 Å². The molecule has 1 aromatic heterocycles. The van der Waals surface area contributed by atoms with Gasteiger partial charge in [0.1, 0.15) is 5.41 Å². The summed E-state index contributed by atoms with van der Waals surface area (Å²) in [5.41, 5.74) is 0.216. The van der Waals surface area contributed by atoms with Gasteiger partial charge in [0.2, 0.25) is 5.91 Å². The number of amides is 1. The van der Waals surface area contributed by atoms with E-state index in [2.05, 4.69) is 16.4 Å². The SMILES string of the molecule is Cc1nc(CCNC(=O)C2(C#N)CCCCCC2)cs1. The van der Waals surface area contributed by atoms with E-state index in [0.717, 1.165) is 42.8 Å². The lowest BCUT2D eigenvalue weighted by atomic mass is 9.81. The van der Waals surface area contributed by atoms with E-state index in [9.17, 15) is 10.1 Å². The van der Waals surface area contributed by atoms with E-state index in [0.29, 0.717) is 19.4 Å². The van der Waals surface area contributed by atoms with Crippen LogP contribution in [-0.4, -0.2) is 17.4 Å². The van der Waals surface area contributed by atoms with Crippen molar-refractivity contribution in [1.82, 2.24) is 10.3 Å². The summed E-state index contributed by atoms with van der Waals surface area (Å²) >= 11 is 1.62. The minimum absolute atomic E-state index is 0.0890. The highest BCUT2D eigenvalue weighted by Gasteiger charge is 2.38. The third-order valence-electron chi connectivity index (χ3n) is 3.94. The first-order valence-corrected chi connectivity index (χ1v) is 8.15. The zero-order valence-corrected chi connectivity index (χ0v) is 12.8. The molecule has 20 heavy (non-hydrogen) atoms. The Bertz CT molecular complexity index is 495. The fourth-order valence-corrected chi connectivity index (χ4v) is 3.37. The molecule has 5 heteroatoms. The van der Waals surface area contributed by atoms with Gasteiger partial charge in [-0.2, -0.15) is 5.26 Å². The Balaban J connectivity index is 1.87. The van der Waals surface area contributed by atoms with E-state index in [1.54, 1.807) is 11.3 Å². The summed E-state index contributed by atoms with van der Waals surface area (Å²) in [4.78, 5) is 16.7. The molecule has 4 nitrogen and oxygen atoms in total. The van der Waals surface area contributed by atoms with Crippen molar-refractivity contribution in [2.75, 3.05) is 6.54 Å². The average molecular weight is 291 g/mol. The summed E-state index contributed by atoms with van der Waals surface area (Å²) in [7, 11) is 0. The Morgan fingerprint density at radius 1 is 1.45 bits per heavy atom. The molecular weight excluding hydrogens is 270 g/mol. The van der Waals surface area contributed by atoms with Crippen molar-refractivity contribution in [2.24, 2.45) is 5.41 Å². The van der Waals surface area contributed by atoms with Gasteiger partial charge in [0.15, 0.2) is 0 Å². The Morgan fingerprint density at radius 2 is 2.15 bits per heavy atom. The number of nitrogens with one attached hydrogen (secondary N) is 1. The molecule has 0 spiro atoms. The fraction of sp³-hybridized carbons (Fsp3) is 0.667. The molecular formula is C15H21N3OS. The summed E-state index contributed by atoms with van der Waals surface area (Å²) in [6.07, 6.45) is 6.36. The second-order valence-corrected chi connectivity index (χ2v) is 6.53. The molecule has 1 aliphatic rings. The van der Waals surface area contributed by atoms with Crippen molar-refractivity contribution in [1.29, 1.82) is 5.26 Å². The first-order valence-electron chi connectivity index (χ1n) is 7.27. The van der Waals surface area contributed by atoms with Crippen LogP contribution in [0.4, 0.5) is 0 Å². The van der Waals surface area contributed by atoms with Crippen molar-refractivity contribution in [3.05, 3.63) is 16.1 Å². The Hall–Kier alpha value is -1.41. The standard InChI is InChI=1S/C15H21N3OS/c1-12-18-13(10-20-12)6-9-17-14(19)15(11-16)7-4-2-3-5-8-15/h10H,2-9H2,1H3,(H,17,19). The maximum atomic E-state index is 12.3. The zero-order valence-electron chi connectivity index (χ0n) is 11.9. The second kappa shape index (κ2) is 6.85. The maximum absolute atomic E-state index is 12.3. The summed E-state index contributed by atoms with van der Waals surface area (Å²) in [5, 5.41) is 15.4. The Labute approximate surface area is 124 Å². The molecule has 1 saturated carbocycles. The highest BCUT2D eigenvalue weighted by Crippen LogP contribution is 2.34. The lowest BCUT2D eigenvalue weighted by Crippen LogP contribution is -2.40. The molecule has 1 fully saturated rings. The molecule has 0 radical (unpaired) electrons. The lowest BCUT2D eigenvalue weighted by molar-refractivity contribution is -0.128. The highest BCUT2D eigenvalue weighted by molar-refractivity contribution is 7.09. The maximum Gasteiger partial charge on any atom is 0.240 e. The third-order valence-corrected chi connectivity index (χ3v) is 4.76. The Morgan fingerprint density at radius 3 is 2.70 bits per heavy atom. The summed E-state index contributed by atoms with van der Waals surface area (Å²) in [5.74, 6) is -0.0890.